The van der Waals surface area contributed by atoms with Crippen LogP contribution in [0.2, 0.25) is 0 Å². The maximum Gasteiger partial charge on any atom is 0.316 e. The van der Waals surface area contributed by atoms with E-state index in [4.69, 9.17) is 21.7 Å². The molecular formula is C16H21ClN4O3S2. The molecule has 1 fully saturated rings. The van der Waals surface area contributed by atoms with Crippen LogP contribution in [0.3, 0.4) is 0 Å². The monoisotopic (exact) mass is 416 g/mol. The Labute approximate surface area is 162 Å². The highest BCUT2D eigenvalue weighted by Crippen LogP contribution is 2.53. The molecule has 2 atom stereocenters. The maximum atomic E-state index is 12.7. The summed E-state index contributed by atoms with van der Waals surface area (Å²) in [6.07, 6.45) is 3.94. The first kappa shape index (κ1) is 19.4. The minimum absolute atomic E-state index is 0.00569. The molecule has 0 bridgehead atoms. The van der Waals surface area contributed by atoms with E-state index in [9.17, 15) is 8.42 Å². The van der Waals surface area contributed by atoms with Crippen molar-refractivity contribution in [1.82, 2.24) is 15.3 Å². The van der Waals surface area contributed by atoms with Gasteiger partial charge < -0.3 is 10.1 Å². The van der Waals surface area contributed by atoms with E-state index >= 15 is 0 Å². The molecular weight excluding hydrogens is 396 g/mol. The molecule has 0 saturated carbocycles. The van der Waals surface area contributed by atoms with Gasteiger partial charge in [-0.1, -0.05) is 11.6 Å². The Balaban J connectivity index is 1.87. The average Bonchev–Trinajstić information content (AvgIpc) is 2.95. The number of hydrogen-bond acceptors (Lipinski definition) is 7. The first-order valence-corrected chi connectivity index (χ1v) is 10.9. The molecule has 1 aromatic rings. The summed E-state index contributed by atoms with van der Waals surface area (Å²) in [6, 6.07) is 0.290. The lowest BCUT2D eigenvalue weighted by atomic mass is 10.00. The molecule has 0 aliphatic carbocycles. The number of nitrogens with zero attached hydrogens (tertiary/aromatic N) is 2. The van der Waals surface area contributed by atoms with E-state index in [0.29, 0.717) is 17.5 Å². The Morgan fingerprint density at radius 1 is 1.35 bits per heavy atom. The van der Waals surface area contributed by atoms with Crippen molar-refractivity contribution in [3.8, 4) is 6.01 Å². The lowest BCUT2D eigenvalue weighted by Crippen LogP contribution is -2.65. The Kier molecular flexibility index (Phi) is 4.77. The maximum absolute atomic E-state index is 12.7. The van der Waals surface area contributed by atoms with Gasteiger partial charge in [-0.25, -0.2) is 18.4 Å². The van der Waals surface area contributed by atoms with E-state index in [0.717, 1.165) is 10.5 Å². The van der Waals surface area contributed by atoms with E-state index in [-0.39, 0.29) is 16.8 Å². The number of amidine groups is 1. The minimum atomic E-state index is -3.50. The molecule has 10 heteroatoms. The third-order valence-electron chi connectivity index (χ3n) is 4.83. The predicted molar refractivity (Wildman–Crippen MR) is 104 cm³/mol. The lowest BCUT2D eigenvalue weighted by Gasteiger charge is -2.43. The minimum Gasteiger partial charge on any atom is -0.467 e. The SMILES string of the molecule is COc1ncc(C2CC(Cl)=C([C@]3(C)CS(=O)(=O)C(C)(C)C(=N)N3)S2)cn1. The molecule has 7 nitrogen and oxygen atoms in total. The second kappa shape index (κ2) is 6.38. The number of halogens is 1. The van der Waals surface area contributed by atoms with Crippen LogP contribution in [0.5, 0.6) is 6.01 Å². The molecule has 1 aromatic heterocycles. The number of hydrogen-bond donors (Lipinski definition) is 2. The van der Waals surface area contributed by atoms with E-state index in [1.807, 2.05) is 0 Å². The number of aromatic nitrogens is 2. The summed E-state index contributed by atoms with van der Waals surface area (Å²) in [6.45, 7) is 4.88. The van der Waals surface area contributed by atoms with Gasteiger partial charge in [-0.15, -0.1) is 11.8 Å². The van der Waals surface area contributed by atoms with Gasteiger partial charge in [-0.2, -0.15) is 0 Å². The molecule has 26 heavy (non-hydrogen) atoms. The fourth-order valence-corrected chi connectivity index (χ4v) is 6.78. The summed E-state index contributed by atoms with van der Waals surface area (Å²) in [7, 11) is -2.00. The molecule has 1 saturated heterocycles. The van der Waals surface area contributed by atoms with Crippen LogP contribution >= 0.6 is 23.4 Å². The lowest BCUT2D eigenvalue weighted by molar-refractivity contribution is 0.379. The molecule has 0 amide bonds. The second-order valence-corrected chi connectivity index (χ2v) is 11.4. The van der Waals surface area contributed by atoms with Crippen LogP contribution in [0.25, 0.3) is 0 Å². The number of ether oxygens (including phenoxy) is 1. The molecule has 3 heterocycles. The van der Waals surface area contributed by atoms with E-state index < -0.39 is 20.1 Å². The van der Waals surface area contributed by atoms with Gasteiger partial charge >= 0.3 is 6.01 Å². The number of thioether (sulfide) groups is 1. The molecule has 1 unspecified atom stereocenters. The Morgan fingerprint density at radius 3 is 2.50 bits per heavy atom. The molecule has 142 valence electrons. The summed E-state index contributed by atoms with van der Waals surface area (Å²) >= 11 is 8.00. The van der Waals surface area contributed by atoms with Crippen LogP contribution in [0.4, 0.5) is 0 Å². The number of nitrogens with one attached hydrogen (secondary N) is 2. The van der Waals surface area contributed by atoms with Crippen molar-refractivity contribution in [3.05, 3.63) is 27.9 Å². The van der Waals surface area contributed by atoms with Crippen molar-refractivity contribution in [2.45, 2.75) is 42.7 Å². The highest BCUT2D eigenvalue weighted by atomic mass is 35.5. The largest absolute Gasteiger partial charge is 0.467 e. The number of sulfone groups is 1. The quantitative estimate of drug-likeness (QED) is 0.780. The van der Waals surface area contributed by atoms with Gasteiger partial charge in [0, 0.05) is 39.6 Å². The highest BCUT2D eigenvalue weighted by molar-refractivity contribution is 8.03. The van der Waals surface area contributed by atoms with Gasteiger partial charge in [0.1, 0.15) is 10.6 Å². The van der Waals surface area contributed by atoms with Crippen molar-refractivity contribution in [2.75, 3.05) is 12.9 Å². The summed E-state index contributed by atoms with van der Waals surface area (Å²) in [5, 5.41) is 11.9. The fourth-order valence-electron chi connectivity index (χ4n) is 3.02. The third kappa shape index (κ3) is 3.10. The normalized spacial score (nSPS) is 30.2. The molecule has 2 aliphatic heterocycles. The van der Waals surface area contributed by atoms with Gasteiger partial charge in [-0.3, -0.25) is 5.41 Å². The van der Waals surface area contributed by atoms with Crippen molar-refractivity contribution in [1.29, 1.82) is 5.41 Å². The fraction of sp³-hybridized carbons (Fsp3) is 0.562. The predicted octanol–water partition coefficient (Wildman–Crippen LogP) is 2.65. The standard InChI is InChI=1S/C16H21ClN4O3S2/c1-15(2)13(18)21-16(3,8-26(15,22)23)12-10(17)5-11(25-12)9-6-19-14(24-4)20-7-9/h6-7,11H,5,8H2,1-4H3,(H2,18,21)/t11?,16-/m0/s1. The smallest absolute Gasteiger partial charge is 0.316 e. The third-order valence-corrected chi connectivity index (χ3v) is 9.66. The van der Waals surface area contributed by atoms with Crippen LogP contribution < -0.4 is 10.1 Å². The molecule has 0 radical (unpaired) electrons. The summed E-state index contributed by atoms with van der Waals surface area (Å²) < 4.78 is 29.2. The Morgan fingerprint density at radius 2 is 1.96 bits per heavy atom. The zero-order valence-electron chi connectivity index (χ0n) is 15.0. The van der Waals surface area contributed by atoms with Crippen molar-refractivity contribution in [2.24, 2.45) is 0 Å². The average molecular weight is 417 g/mol. The van der Waals surface area contributed by atoms with Crippen molar-refractivity contribution >= 4 is 39.0 Å². The number of methoxy groups -OCH3 is 1. The van der Waals surface area contributed by atoms with Crippen LogP contribution in [0, 0.1) is 5.41 Å². The van der Waals surface area contributed by atoms with Gasteiger partial charge in [0.25, 0.3) is 0 Å². The highest BCUT2D eigenvalue weighted by Gasteiger charge is 2.53. The molecule has 0 spiro atoms. The first-order valence-electron chi connectivity index (χ1n) is 8.01. The van der Waals surface area contributed by atoms with Crippen LogP contribution in [-0.4, -0.2) is 47.4 Å². The summed E-state index contributed by atoms with van der Waals surface area (Å²) in [5.74, 6) is -0.125. The van der Waals surface area contributed by atoms with Gasteiger partial charge in [-0.05, 0) is 20.8 Å². The van der Waals surface area contributed by atoms with Crippen LogP contribution in [0.1, 0.15) is 38.0 Å². The van der Waals surface area contributed by atoms with Gasteiger partial charge in [0.15, 0.2) is 9.84 Å². The summed E-state index contributed by atoms with van der Waals surface area (Å²) in [4.78, 5) is 9.00. The van der Waals surface area contributed by atoms with E-state index in [1.165, 1.54) is 18.9 Å². The molecule has 0 aromatic carbocycles. The molecule has 2 N–H and O–H groups in total. The topological polar surface area (TPSA) is 105 Å². The van der Waals surface area contributed by atoms with Gasteiger partial charge in [0.05, 0.1) is 18.4 Å². The van der Waals surface area contributed by atoms with Crippen molar-refractivity contribution in [3.63, 3.8) is 0 Å². The summed E-state index contributed by atoms with van der Waals surface area (Å²) in [5.41, 5.74) is -0.0310. The number of allylic oxidation sites excluding steroid dienone is 1. The van der Waals surface area contributed by atoms with Gasteiger partial charge in [0.2, 0.25) is 0 Å². The second-order valence-electron chi connectivity index (χ2n) is 7.15. The Bertz CT molecular complexity index is 883. The van der Waals surface area contributed by atoms with Crippen LogP contribution in [-0.2, 0) is 9.84 Å². The number of rotatable bonds is 3. The van der Waals surface area contributed by atoms with Crippen LogP contribution in [0.15, 0.2) is 22.3 Å². The van der Waals surface area contributed by atoms with E-state index in [1.54, 1.807) is 33.2 Å². The first-order chi connectivity index (χ1) is 12.0. The van der Waals surface area contributed by atoms with E-state index in [2.05, 4.69) is 15.3 Å². The van der Waals surface area contributed by atoms with Crippen molar-refractivity contribution < 1.29 is 13.2 Å². The molecule has 2 aliphatic rings. The Hall–Kier alpha value is -1.32. The zero-order chi connectivity index (χ0) is 19.3. The zero-order valence-corrected chi connectivity index (χ0v) is 17.3. The molecule has 3 rings (SSSR count).